The van der Waals surface area contributed by atoms with Crippen LogP contribution in [0.15, 0.2) is 0 Å². The predicted molar refractivity (Wildman–Crippen MR) is 63.1 cm³/mol. The third kappa shape index (κ3) is 2.09. The summed E-state index contributed by atoms with van der Waals surface area (Å²) >= 11 is 0. The number of primary amides is 1. The highest BCUT2D eigenvalue weighted by Crippen LogP contribution is 2.14. The molecule has 3 N–H and O–H groups in total. The topological polar surface area (TPSA) is 72.9 Å². The number of nitrogens with zero attached hydrogens (tertiary/aromatic N) is 2. The lowest BCUT2D eigenvalue weighted by Gasteiger charge is -2.25. The molecule has 0 bridgehead atoms. The molecule has 0 fully saturated rings. The van der Waals surface area contributed by atoms with Crippen molar-refractivity contribution >= 4 is 5.91 Å². The molecule has 1 amide bonds. The Labute approximate surface area is 96.0 Å². The molecule has 1 unspecified atom stereocenters. The van der Waals surface area contributed by atoms with Crippen molar-refractivity contribution in [1.82, 2.24) is 15.1 Å². The number of hydrogen-bond donors (Lipinski definition) is 2. The van der Waals surface area contributed by atoms with Crippen LogP contribution in [0.25, 0.3) is 0 Å². The molecule has 1 atom stereocenters. The van der Waals surface area contributed by atoms with Gasteiger partial charge in [-0.3, -0.25) is 9.48 Å². The van der Waals surface area contributed by atoms with E-state index in [0.717, 1.165) is 17.0 Å². The van der Waals surface area contributed by atoms with Gasteiger partial charge in [-0.15, -0.1) is 0 Å². The summed E-state index contributed by atoms with van der Waals surface area (Å²) in [5.41, 5.74) is 7.83. The third-order valence-electron chi connectivity index (χ3n) is 3.30. The lowest BCUT2D eigenvalue weighted by Crippen LogP contribution is -2.54. The summed E-state index contributed by atoms with van der Waals surface area (Å²) in [7, 11) is 1.73. The second kappa shape index (κ2) is 4.25. The first-order chi connectivity index (χ1) is 7.31. The van der Waals surface area contributed by atoms with E-state index in [2.05, 4.69) is 10.4 Å². The SMILES string of the molecule is CNC(C)(Cn1nc(C)c(C)c1C)C(N)=O. The van der Waals surface area contributed by atoms with Gasteiger partial charge in [-0.05, 0) is 40.3 Å². The summed E-state index contributed by atoms with van der Waals surface area (Å²) in [6, 6.07) is 0. The molecule has 1 heterocycles. The van der Waals surface area contributed by atoms with Crippen LogP contribution in [0.4, 0.5) is 0 Å². The fourth-order valence-corrected chi connectivity index (χ4v) is 1.52. The quantitative estimate of drug-likeness (QED) is 0.771. The number of aromatic nitrogens is 2. The molecule has 16 heavy (non-hydrogen) atoms. The Kier molecular flexibility index (Phi) is 3.38. The van der Waals surface area contributed by atoms with Crippen molar-refractivity contribution in [3.05, 3.63) is 17.0 Å². The largest absolute Gasteiger partial charge is 0.368 e. The van der Waals surface area contributed by atoms with Gasteiger partial charge >= 0.3 is 0 Å². The lowest BCUT2D eigenvalue weighted by molar-refractivity contribution is -0.124. The summed E-state index contributed by atoms with van der Waals surface area (Å²) in [4.78, 5) is 11.4. The van der Waals surface area contributed by atoms with Crippen molar-refractivity contribution in [2.45, 2.75) is 39.8 Å². The summed E-state index contributed by atoms with van der Waals surface area (Å²) < 4.78 is 1.83. The predicted octanol–water partition coefficient (Wildman–Crippen LogP) is 0.272. The number of carbonyl (C=O) groups excluding carboxylic acids is 1. The van der Waals surface area contributed by atoms with Crippen molar-refractivity contribution in [2.24, 2.45) is 5.73 Å². The van der Waals surface area contributed by atoms with Crippen LogP contribution in [-0.2, 0) is 11.3 Å². The van der Waals surface area contributed by atoms with Crippen LogP contribution in [0.5, 0.6) is 0 Å². The van der Waals surface area contributed by atoms with Gasteiger partial charge in [0.2, 0.25) is 5.91 Å². The van der Waals surface area contributed by atoms with Crippen molar-refractivity contribution in [2.75, 3.05) is 7.05 Å². The third-order valence-corrected chi connectivity index (χ3v) is 3.30. The van der Waals surface area contributed by atoms with Gasteiger partial charge in [-0.25, -0.2) is 0 Å². The van der Waals surface area contributed by atoms with Crippen LogP contribution < -0.4 is 11.1 Å². The summed E-state index contributed by atoms with van der Waals surface area (Å²) in [6.07, 6.45) is 0. The Morgan fingerprint density at radius 2 is 2.06 bits per heavy atom. The second-order valence-electron chi connectivity index (χ2n) is 4.40. The number of hydrogen-bond acceptors (Lipinski definition) is 3. The maximum atomic E-state index is 11.4. The minimum absolute atomic E-state index is 0.375. The van der Waals surface area contributed by atoms with Crippen LogP contribution in [0.3, 0.4) is 0 Å². The molecule has 1 aromatic rings. The van der Waals surface area contributed by atoms with E-state index in [1.54, 1.807) is 14.0 Å². The van der Waals surface area contributed by atoms with Gasteiger partial charge in [0.25, 0.3) is 0 Å². The monoisotopic (exact) mass is 224 g/mol. The number of nitrogens with one attached hydrogen (secondary N) is 1. The number of likely N-dealkylation sites (N-methyl/N-ethyl adjacent to an activating group) is 1. The van der Waals surface area contributed by atoms with Crippen molar-refractivity contribution in [1.29, 1.82) is 0 Å². The zero-order valence-electron chi connectivity index (χ0n) is 10.6. The molecule has 0 aromatic carbocycles. The van der Waals surface area contributed by atoms with E-state index in [4.69, 9.17) is 5.73 Å². The van der Waals surface area contributed by atoms with Crippen molar-refractivity contribution in [3.63, 3.8) is 0 Å². The van der Waals surface area contributed by atoms with Gasteiger partial charge in [0.1, 0.15) is 5.54 Å². The van der Waals surface area contributed by atoms with E-state index >= 15 is 0 Å². The highest BCUT2D eigenvalue weighted by Gasteiger charge is 2.30. The number of carbonyl (C=O) groups is 1. The Hall–Kier alpha value is -1.36. The molecule has 0 radical (unpaired) electrons. The zero-order valence-corrected chi connectivity index (χ0v) is 10.6. The Balaban J connectivity index is 3.04. The van der Waals surface area contributed by atoms with Crippen molar-refractivity contribution < 1.29 is 4.79 Å². The molecule has 0 saturated heterocycles. The number of nitrogens with two attached hydrogens (primary N) is 1. The van der Waals surface area contributed by atoms with Crippen molar-refractivity contribution in [3.8, 4) is 0 Å². The fraction of sp³-hybridized carbons (Fsp3) is 0.636. The van der Waals surface area contributed by atoms with E-state index in [-0.39, 0.29) is 5.91 Å². The van der Waals surface area contributed by atoms with Crippen LogP contribution in [0, 0.1) is 20.8 Å². The van der Waals surface area contributed by atoms with Gasteiger partial charge in [-0.2, -0.15) is 5.10 Å². The van der Waals surface area contributed by atoms with Crippen LogP contribution in [0.2, 0.25) is 0 Å². The highest BCUT2D eigenvalue weighted by atomic mass is 16.1. The Bertz CT molecular complexity index is 410. The van der Waals surface area contributed by atoms with Crippen LogP contribution >= 0.6 is 0 Å². The number of rotatable bonds is 4. The summed E-state index contributed by atoms with van der Waals surface area (Å²) in [5.74, 6) is -0.375. The average Bonchev–Trinajstić information content (AvgIpc) is 2.46. The molecule has 0 aliphatic carbocycles. The minimum Gasteiger partial charge on any atom is -0.368 e. The molecular formula is C11H20N4O. The van der Waals surface area contributed by atoms with Gasteiger partial charge in [0.05, 0.1) is 12.2 Å². The van der Waals surface area contributed by atoms with Gasteiger partial charge in [0, 0.05) is 5.69 Å². The molecule has 1 rings (SSSR count). The first kappa shape index (κ1) is 12.7. The normalized spacial score (nSPS) is 14.8. The highest BCUT2D eigenvalue weighted by molar-refractivity contribution is 5.84. The maximum Gasteiger partial charge on any atom is 0.239 e. The summed E-state index contributed by atoms with van der Waals surface area (Å²) in [5, 5.41) is 7.34. The van der Waals surface area contributed by atoms with Crippen LogP contribution in [0.1, 0.15) is 23.9 Å². The molecule has 90 valence electrons. The summed E-state index contributed by atoms with van der Waals surface area (Å²) in [6.45, 7) is 8.20. The molecule has 0 aliphatic heterocycles. The first-order valence-corrected chi connectivity index (χ1v) is 5.31. The van der Waals surface area contributed by atoms with Gasteiger partial charge < -0.3 is 11.1 Å². The molecule has 0 saturated carbocycles. The number of aryl methyl sites for hydroxylation is 1. The van der Waals surface area contributed by atoms with Gasteiger partial charge in [0.15, 0.2) is 0 Å². The van der Waals surface area contributed by atoms with E-state index in [1.165, 1.54) is 0 Å². The molecule has 5 heteroatoms. The molecule has 0 aliphatic rings. The van der Waals surface area contributed by atoms with E-state index in [1.807, 2.05) is 25.5 Å². The van der Waals surface area contributed by atoms with E-state index in [9.17, 15) is 4.79 Å². The Morgan fingerprint density at radius 3 is 2.38 bits per heavy atom. The van der Waals surface area contributed by atoms with Crippen LogP contribution in [-0.4, -0.2) is 28.3 Å². The fourth-order valence-electron chi connectivity index (χ4n) is 1.52. The zero-order chi connectivity index (χ0) is 12.5. The van der Waals surface area contributed by atoms with E-state index < -0.39 is 5.54 Å². The second-order valence-corrected chi connectivity index (χ2v) is 4.40. The lowest BCUT2D eigenvalue weighted by atomic mass is 10.0. The minimum atomic E-state index is -0.768. The first-order valence-electron chi connectivity index (χ1n) is 5.31. The van der Waals surface area contributed by atoms with E-state index in [0.29, 0.717) is 6.54 Å². The maximum absolute atomic E-state index is 11.4. The Morgan fingerprint density at radius 1 is 1.50 bits per heavy atom. The molecule has 5 nitrogen and oxygen atoms in total. The standard InChI is InChI=1S/C11H20N4O/c1-7-8(2)14-15(9(7)3)6-11(4,13-5)10(12)16/h13H,6H2,1-5H3,(H2,12,16). The average molecular weight is 224 g/mol. The molecular weight excluding hydrogens is 204 g/mol. The molecule has 1 aromatic heterocycles. The smallest absolute Gasteiger partial charge is 0.239 e. The van der Waals surface area contributed by atoms with Gasteiger partial charge in [-0.1, -0.05) is 0 Å². The number of amides is 1. The molecule has 0 spiro atoms.